The second-order valence-corrected chi connectivity index (χ2v) is 6.21. The van der Waals surface area contributed by atoms with E-state index in [0.29, 0.717) is 25.7 Å². The molecule has 88 valence electrons. The Balaban J connectivity index is 4.87. The molecule has 0 fully saturated rings. The standard InChI is InChI=1S/C12H22O2S/c1-5-9-11(7-3)15(13,14)12(8-4)10-6-2/h5-6,11-12H,1-2,7-10H2,3-4H3. The Kier molecular flexibility index (Phi) is 6.57. The SMILES string of the molecule is C=CCC(CC)S(=O)(=O)C(CC)CC=C. The van der Waals surface area contributed by atoms with Gasteiger partial charge in [-0.3, -0.25) is 0 Å². The van der Waals surface area contributed by atoms with E-state index in [0.717, 1.165) is 0 Å². The van der Waals surface area contributed by atoms with Gasteiger partial charge in [0.1, 0.15) is 0 Å². The van der Waals surface area contributed by atoms with Gasteiger partial charge < -0.3 is 0 Å². The quantitative estimate of drug-likeness (QED) is 0.600. The van der Waals surface area contributed by atoms with E-state index in [-0.39, 0.29) is 10.5 Å². The van der Waals surface area contributed by atoms with Crippen LogP contribution in [0.1, 0.15) is 39.5 Å². The zero-order valence-corrected chi connectivity index (χ0v) is 10.6. The van der Waals surface area contributed by atoms with Gasteiger partial charge in [0.25, 0.3) is 0 Å². The highest BCUT2D eigenvalue weighted by Crippen LogP contribution is 2.21. The largest absolute Gasteiger partial charge is 0.228 e. The van der Waals surface area contributed by atoms with Gasteiger partial charge in [-0.15, -0.1) is 13.2 Å². The summed E-state index contributed by atoms with van der Waals surface area (Å²) in [6, 6.07) is 0. The van der Waals surface area contributed by atoms with Crippen LogP contribution in [0, 0.1) is 0 Å². The van der Waals surface area contributed by atoms with Gasteiger partial charge in [-0.05, 0) is 25.7 Å². The Hall–Kier alpha value is -0.570. The molecule has 0 aromatic heterocycles. The number of sulfone groups is 1. The molecule has 2 unspecified atom stereocenters. The molecular formula is C12H22O2S. The Morgan fingerprint density at radius 3 is 1.53 bits per heavy atom. The number of hydrogen-bond donors (Lipinski definition) is 0. The maximum Gasteiger partial charge on any atom is 0.156 e. The van der Waals surface area contributed by atoms with Gasteiger partial charge in [-0.2, -0.15) is 0 Å². The lowest BCUT2D eigenvalue weighted by atomic mass is 10.2. The van der Waals surface area contributed by atoms with E-state index in [4.69, 9.17) is 0 Å². The number of allylic oxidation sites excluding steroid dienone is 2. The summed E-state index contributed by atoms with van der Waals surface area (Å²) in [4.78, 5) is 0. The van der Waals surface area contributed by atoms with Gasteiger partial charge >= 0.3 is 0 Å². The van der Waals surface area contributed by atoms with E-state index in [1.54, 1.807) is 12.2 Å². The first kappa shape index (κ1) is 14.4. The van der Waals surface area contributed by atoms with Crippen LogP contribution in [0.4, 0.5) is 0 Å². The third kappa shape index (κ3) is 3.82. The molecular weight excluding hydrogens is 208 g/mol. The minimum Gasteiger partial charge on any atom is -0.228 e. The first-order chi connectivity index (χ1) is 7.04. The third-order valence-corrected chi connectivity index (χ3v) is 5.61. The highest BCUT2D eigenvalue weighted by molar-refractivity contribution is 7.92. The van der Waals surface area contributed by atoms with Crippen LogP contribution < -0.4 is 0 Å². The fourth-order valence-corrected chi connectivity index (χ4v) is 3.99. The highest BCUT2D eigenvalue weighted by atomic mass is 32.2. The molecule has 15 heavy (non-hydrogen) atoms. The van der Waals surface area contributed by atoms with Crippen molar-refractivity contribution < 1.29 is 8.42 Å². The van der Waals surface area contributed by atoms with E-state index in [1.165, 1.54) is 0 Å². The molecule has 0 N–H and O–H groups in total. The van der Waals surface area contributed by atoms with Crippen LogP contribution in [0.3, 0.4) is 0 Å². The van der Waals surface area contributed by atoms with Crippen molar-refractivity contribution in [1.29, 1.82) is 0 Å². The molecule has 0 aromatic carbocycles. The first-order valence-corrected chi connectivity index (χ1v) is 7.09. The summed E-state index contributed by atoms with van der Waals surface area (Å²) in [6.45, 7) is 11.0. The maximum atomic E-state index is 12.2. The summed E-state index contributed by atoms with van der Waals surface area (Å²) in [5.74, 6) is 0. The third-order valence-electron chi connectivity index (χ3n) is 2.70. The predicted molar refractivity (Wildman–Crippen MR) is 66.7 cm³/mol. The molecule has 2 atom stereocenters. The van der Waals surface area contributed by atoms with E-state index in [9.17, 15) is 8.42 Å². The second-order valence-electron chi connectivity index (χ2n) is 3.70. The predicted octanol–water partition coefficient (Wildman–Crippen LogP) is 3.11. The van der Waals surface area contributed by atoms with E-state index >= 15 is 0 Å². The van der Waals surface area contributed by atoms with Gasteiger partial charge in [0.2, 0.25) is 0 Å². The van der Waals surface area contributed by atoms with Crippen LogP contribution in [0.2, 0.25) is 0 Å². The lowest BCUT2D eigenvalue weighted by molar-refractivity contribution is 0.555. The molecule has 0 heterocycles. The van der Waals surface area contributed by atoms with Crippen molar-refractivity contribution in [2.45, 2.75) is 50.0 Å². The number of hydrogen-bond acceptors (Lipinski definition) is 2. The summed E-state index contributed by atoms with van der Waals surface area (Å²) in [5.41, 5.74) is 0. The van der Waals surface area contributed by atoms with Gasteiger partial charge in [-0.1, -0.05) is 26.0 Å². The molecule has 0 aliphatic rings. The smallest absolute Gasteiger partial charge is 0.156 e. The molecule has 0 saturated heterocycles. The average Bonchev–Trinajstić information content (AvgIpc) is 2.21. The zero-order chi connectivity index (χ0) is 11.9. The number of rotatable bonds is 8. The summed E-state index contributed by atoms with van der Waals surface area (Å²) < 4.78 is 24.4. The topological polar surface area (TPSA) is 34.1 Å². The minimum absolute atomic E-state index is 0.278. The molecule has 0 rings (SSSR count). The van der Waals surface area contributed by atoms with Gasteiger partial charge in [0.05, 0.1) is 10.5 Å². The van der Waals surface area contributed by atoms with Gasteiger partial charge in [0.15, 0.2) is 9.84 Å². The van der Waals surface area contributed by atoms with Crippen molar-refractivity contribution >= 4 is 9.84 Å². The van der Waals surface area contributed by atoms with Crippen LogP contribution in [-0.4, -0.2) is 18.9 Å². The maximum absolute atomic E-state index is 12.2. The van der Waals surface area contributed by atoms with Gasteiger partial charge in [0, 0.05) is 0 Å². The zero-order valence-electron chi connectivity index (χ0n) is 9.78. The summed E-state index contributed by atoms with van der Waals surface area (Å²) in [6.07, 6.45) is 5.78. The van der Waals surface area contributed by atoms with Crippen LogP contribution in [0.15, 0.2) is 25.3 Å². The molecule has 0 amide bonds. The summed E-state index contributed by atoms with van der Waals surface area (Å²) in [5, 5.41) is -0.556. The van der Waals surface area contributed by atoms with Crippen LogP contribution in [-0.2, 0) is 9.84 Å². The average molecular weight is 230 g/mol. The Morgan fingerprint density at radius 1 is 1.00 bits per heavy atom. The van der Waals surface area contributed by atoms with E-state index < -0.39 is 9.84 Å². The Morgan fingerprint density at radius 2 is 1.33 bits per heavy atom. The minimum atomic E-state index is -3.03. The van der Waals surface area contributed by atoms with Crippen molar-refractivity contribution in [3.05, 3.63) is 25.3 Å². The van der Waals surface area contributed by atoms with Crippen LogP contribution in [0.25, 0.3) is 0 Å². The summed E-state index contributed by atoms with van der Waals surface area (Å²) >= 11 is 0. The lowest BCUT2D eigenvalue weighted by Crippen LogP contribution is -2.30. The fraction of sp³-hybridized carbons (Fsp3) is 0.667. The first-order valence-electron chi connectivity index (χ1n) is 5.48. The van der Waals surface area contributed by atoms with Crippen molar-refractivity contribution in [1.82, 2.24) is 0 Å². The summed E-state index contributed by atoms with van der Waals surface area (Å²) in [7, 11) is -3.03. The Bertz CT molecular complexity index is 267. The van der Waals surface area contributed by atoms with Crippen LogP contribution >= 0.6 is 0 Å². The van der Waals surface area contributed by atoms with E-state index in [2.05, 4.69) is 13.2 Å². The fourth-order valence-electron chi connectivity index (χ4n) is 1.71. The van der Waals surface area contributed by atoms with E-state index in [1.807, 2.05) is 13.8 Å². The molecule has 3 heteroatoms. The van der Waals surface area contributed by atoms with Gasteiger partial charge in [-0.25, -0.2) is 8.42 Å². The van der Waals surface area contributed by atoms with Crippen molar-refractivity contribution in [3.63, 3.8) is 0 Å². The molecule has 0 radical (unpaired) electrons. The van der Waals surface area contributed by atoms with Crippen molar-refractivity contribution in [2.75, 3.05) is 0 Å². The lowest BCUT2D eigenvalue weighted by Gasteiger charge is -2.20. The Labute approximate surface area is 94.0 Å². The molecule has 2 nitrogen and oxygen atoms in total. The van der Waals surface area contributed by atoms with Crippen molar-refractivity contribution in [2.24, 2.45) is 0 Å². The second kappa shape index (κ2) is 6.83. The highest BCUT2D eigenvalue weighted by Gasteiger charge is 2.29. The molecule has 0 aliphatic heterocycles. The molecule has 0 spiro atoms. The monoisotopic (exact) mass is 230 g/mol. The molecule has 0 bridgehead atoms. The van der Waals surface area contributed by atoms with Crippen LogP contribution in [0.5, 0.6) is 0 Å². The molecule has 0 saturated carbocycles. The molecule has 0 aliphatic carbocycles. The normalized spacial score (nSPS) is 15.6. The molecule has 0 aromatic rings. The van der Waals surface area contributed by atoms with Crippen molar-refractivity contribution in [3.8, 4) is 0 Å².